The number of hydrogen-bond donors (Lipinski definition) is 0. The Morgan fingerprint density at radius 3 is 2.50 bits per heavy atom. The molecule has 22 heavy (non-hydrogen) atoms. The Kier molecular flexibility index (Phi) is 4.12. The fraction of sp³-hybridized carbons (Fsp3) is 0.263. The van der Waals surface area contributed by atoms with Crippen LogP contribution in [0.25, 0.3) is 10.9 Å². The Morgan fingerprint density at radius 2 is 1.82 bits per heavy atom. The molecule has 2 nitrogen and oxygen atoms in total. The molecule has 0 aliphatic rings. The normalized spacial score (nSPS) is 11.3. The SMILES string of the molecule is Cc1ccc(OCc2cn(C(C)C)c3ccc(Cl)cc23)cc1. The number of aryl methyl sites for hydroxylation is 1. The number of nitrogens with zero attached hydrogens (tertiary/aromatic N) is 1. The number of hydrogen-bond acceptors (Lipinski definition) is 1. The van der Waals surface area contributed by atoms with Crippen LogP contribution in [0.4, 0.5) is 0 Å². The molecule has 0 spiro atoms. The molecule has 0 saturated heterocycles. The number of fused-ring (bicyclic) bond motifs is 1. The van der Waals surface area contributed by atoms with E-state index in [1.807, 2.05) is 24.3 Å². The van der Waals surface area contributed by atoms with Crippen LogP contribution in [0.5, 0.6) is 5.75 Å². The van der Waals surface area contributed by atoms with Crippen LogP contribution < -0.4 is 4.74 Å². The maximum Gasteiger partial charge on any atom is 0.119 e. The molecular formula is C19H20ClNO. The first-order valence-corrected chi connectivity index (χ1v) is 7.91. The van der Waals surface area contributed by atoms with E-state index in [0.29, 0.717) is 12.6 Å². The molecule has 0 fully saturated rings. The Hall–Kier alpha value is -1.93. The van der Waals surface area contributed by atoms with Crippen molar-refractivity contribution in [1.29, 1.82) is 0 Å². The lowest BCUT2D eigenvalue weighted by Crippen LogP contribution is -1.98. The highest BCUT2D eigenvalue weighted by Gasteiger charge is 2.11. The summed E-state index contributed by atoms with van der Waals surface area (Å²) >= 11 is 6.16. The molecule has 0 aliphatic carbocycles. The van der Waals surface area contributed by atoms with Crippen LogP contribution in [0.2, 0.25) is 5.02 Å². The number of halogens is 1. The molecule has 0 radical (unpaired) electrons. The van der Waals surface area contributed by atoms with Gasteiger partial charge in [0.05, 0.1) is 0 Å². The van der Waals surface area contributed by atoms with Crippen molar-refractivity contribution in [3.05, 3.63) is 64.8 Å². The Bertz CT molecular complexity index is 787. The van der Waals surface area contributed by atoms with Crippen molar-refractivity contribution in [2.24, 2.45) is 0 Å². The lowest BCUT2D eigenvalue weighted by molar-refractivity contribution is 0.307. The molecule has 0 aliphatic heterocycles. The van der Waals surface area contributed by atoms with Crippen molar-refractivity contribution in [2.75, 3.05) is 0 Å². The van der Waals surface area contributed by atoms with E-state index in [1.165, 1.54) is 11.1 Å². The minimum Gasteiger partial charge on any atom is -0.489 e. The van der Waals surface area contributed by atoms with Crippen molar-refractivity contribution in [1.82, 2.24) is 4.57 Å². The maximum atomic E-state index is 6.16. The third kappa shape index (κ3) is 2.97. The first-order valence-electron chi connectivity index (χ1n) is 7.53. The monoisotopic (exact) mass is 313 g/mol. The molecule has 0 atom stereocenters. The molecule has 114 valence electrons. The second kappa shape index (κ2) is 6.05. The smallest absolute Gasteiger partial charge is 0.119 e. The zero-order chi connectivity index (χ0) is 15.7. The summed E-state index contributed by atoms with van der Waals surface area (Å²) in [6.45, 7) is 6.97. The summed E-state index contributed by atoms with van der Waals surface area (Å²) in [5.74, 6) is 0.887. The van der Waals surface area contributed by atoms with Crippen LogP contribution in [0.15, 0.2) is 48.7 Å². The fourth-order valence-corrected chi connectivity index (χ4v) is 2.81. The second-order valence-electron chi connectivity index (χ2n) is 5.92. The van der Waals surface area contributed by atoms with Gasteiger partial charge in [-0.25, -0.2) is 0 Å². The van der Waals surface area contributed by atoms with Gasteiger partial charge in [0.1, 0.15) is 12.4 Å². The summed E-state index contributed by atoms with van der Waals surface area (Å²) in [5, 5.41) is 1.92. The molecule has 0 bridgehead atoms. The average Bonchev–Trinajstić information content (AvgIpc) is 2.85. The number of aromatic nitrogens is 1. The van der Waals surface area contributed by atoms with Gasteiger partial charge in [-0.15, -0.1) is 0 Å². The van der Waals surface area contributed by atoms with Gasteiger partial charge in [-0.1, -0.05) is 29.3 Å². The van der Waals surface area contributed by atoms with Gasteiger partial charge >= 0.3 is 0 Å². The Labute approximate surface area is 136 Å². The highest BCUT2D eigenvalue weighted by Crippen LogP contribution is 2.28. The van der Waals surface area contributed by atoms with Crippen LogP contribution in [0.3, 0.4) is 0 Å². The predicted octanol–water partition coefficient (Wildman–Crippen LogP) is 5.76. The van der Waals surface area contributed by atoms with Gasteiger partial charge in [-0.05, 0) is 51.1 Å². The van der Waals surface area contributed by atoms with Crippen molar-refractivity contribution in [3.8, 4) is 5.75 Å². The third-order valence-electron chi connectivity index (χ3n) is 3.85. The van der Waals surface area contributed by atoms with E-state index in [2.05, 4.69) is 49.7 Å². The number of benzene rings is 2. The van der Waals surface area contributed by atoms with Gasteiger partial charge in [-0.2, -0.15) is 0 Å². The largest absolute Gasteiger partial charge is 0.489 e. The topological polar surface area (TPSA) is 14.2 Å². The summed E-state index contributed by atoms with van der Waals surface area (Å²) < 4.78 is 8.20. The Morgan fingerprint density at radius 1 is 1.09 bits per heavy atom. The minimum atomic E-state index is 0.400. The van der Waals surface area contributed by atoms with E-state index in [9.17, 15) is 0 Å². The highest BCUT2D eigenvalue weighted by molar-refractivity contribution is 6.31. The quantitative estimate of drug-likeness (QED) is 0.597. The molecule has 2 aromatic carbocycles. The molecule has 0 unspecified atom stereocenters. The van der Waals surface area contributed by atoms with Gasteiger partial charge in [0.15, 0.2) is 0 Å². The van der Waals surface area contributed by atoms with Gasteiger partial charge in [0, 0.05) is 33.7 Å². The van der Waals surface area contributed by atoms with Crippen LogP contribution in [-0.4, -0.2) is 4.57 Å². The third-order valence-corrected chi connectivity index (χ3v) is 4.08. The summed E-state index contributed by atoms with van der Waals surface area (Å²) in [4.78, 5) is 0. The molecule has 3 aromatic rings. The summed E-state index contributed by atoms with van der Waals surface area (Å²) in [5.41, 5.74) is 3.59. The molecule has 0 amide bonds. The maximum absolute atomic E-state index is 6.16. The van der Waals surface area contributed by atoms with Crippen molar-refractivity contribution in [2.45, 2.75) is 33.4 Å². The van der Waals surface area contributed by atoms with Crippen LogP contribution in [0.1, 0.15) is 31.0 Å². The lowest BCUT2D eigenvalue weighted by Gasteiger charge is -2.08. The van der Waals surface area contributed by atoms with Gasteiger partial charge < -0.3 is 9.30 Å². The number of ether oxygens (including phenoxy) is 1. The minimum absolute atomic E-state index is 0.400. The van der Waals surface area contributed by atoms with E-state index in [0.717, 1.165) is 21.7 Å². The lowest BCUT2D eigenvalue weighted by atomic mass is 10.2. The van der Waals surface area contributed by atoms with Crippen molar-refractivity contribution < 1.29 is 4.74 Å². The highest BCUT2D eigenvalue weighted by atomic mass is 35.5. The molecule has 3 heteroatoms. The molecule has 1 heterocycles. The summed E-state index contributed by atoms with van der Waals surface area (Å²) in [7, 11) is 0. The molecule has 1 aromatic heterocycles. The molecule has 0 N–H and O–H groups in total. The fourth-order valence-electron chi connectivity index (χ4n) is 2.64. The zero-order valence-corrected chi connectivity index (χ0v) is 13.9. The Balaban J connectivity index is 1.92. The van der Waals surface area contributed by atoms with E-state index >= 15 is 0 Å². The second-order valence-corrected chi connectivity index (χ2v) is 6.35. The van der Waals surface area contributed by atoms with Gasteiger partial charge in [0.2, 0.25) is 0 Å². The summed E-state index contributed by atoms with van der Waals surface area (Å²) in [6, 6.07) is 14.6. The molecular weight excluding hydrogens is 294 g/mol. The van der Waals surface area contributed by atoms with Gasteiger partial charge in [-0.3, -0.25) is 0 Å². The standard InChI is InChI=1S/C19H20ClNO/c1-13(2)21-11-15(18-10-16(20)6-9-19(18)21)12-22-17-7-4-14(3)5-8-17/h4-11,13H,12H2,1-3H3. The number of rotatable bonds is 4. The molecule has 3 rings (SSSR count). The van der Waals surface area contributed by atoms with E-state index in [-0.39, 0.29) is 0 Å². The van der Waals surface area contributed by atoms with Crippen molar-refractivity contribution >= 4 is 22.5 Å². The van der Waals surface area contributed by atoms with Crippen LogP contribution >= 0.6 is 11.6 Å². The first-order chi connectivity index (χ1) is 10.5. The van der Waals surface area contributed by atoms with E-state index < -0.39 is 0 Å². The van der Waals surface area contributed by atoms with Crippen LogP contribution in [0, 0.1) is 6.92 Å². The van der Waals surface area contributed by atoms with E-state index in [4.69, 9.17) is 16.3 Å². The van der Waals surface area contributed by atoms with Crippen molar-refractivity contribution in [3.63, 3.8) is 0 Å². The zero-order valence-electron chi connectivity index (χ0n) is 13.1. The van der Waals surface area contributed by atoms with Crippen LogP contribution in [-0.2, 0) is 6.61 Å². The van der Waals surface area contributed by atoms with E-state index in [1.54, 1.807) is 0 Å². The first kappa shape index (κ1) is 15.0. The van der Waals surface area contributed by atoms with Gasteiger partial charge in [0.25, 0.3) is 0 Å². The average molecular weight is 314 g/mol. The summed E-state index contributed by atoms with van der Waals surface area (Å²) in [6.07, 6.45) is 2.17. The predicted molar refractivity (Wildman–Crippen MR) is 92.8 cm³/mol. The molecule has 0 saturated carbocycles.